The zero-order valence-corrected chi connectivity index (χ0v) is 10.7. The molecule has 94 valence electrons. The van der Waals surface area contributed by atoms with Gasteiger partial charge in [-0.25, -0.2) is 0 Å². The predicted molar refractivity (Wildman–Crippen MR) is 71.2 cm³/mol. The number of anilines is 1. The van der Waals surface area contributed by atoms with Gasteiger partial charge >= 0.3 is 0 Å². The molecule has 1 saturated heterocycles. The van der Waals surface area contributed by atoms with Crippen molar-refractivity contribution in [2.24, 2.45) is 11.7 Å². The van der Waals surface area contributed by atoms with Crippen molar-refractivity contribution in [1.82, 2.24) is 0 Å². The average Bonchev–Trinajstić information content (AvgIpc) is 2.78. The Balaban J connectivity index is 2.13. The molecule has 0 bridgehead atoms. The van der Waals surface area contributed by atoms with E-state index in [1.54, 1.807) is 7.11 Å². The van der Waals surface area contributed by atoms with E-state index in [0.29, 0.717) is 5.92 Å². The maximum Gasteiger partial charge on any atom is 0.0508 e. The monoisotopic (exact) mass is 234 g/mol. The van der Waals surface area contributed by atoms with E-state index in [1.165, 1.54) is 17.7 Å². The second-order valence-electron chi connectivity index (χ2n) is 4.90. The van der Waals surface area contributed by atoms with Gasteiger partial charge in [-0.05, 0) is 25.0 Å². The number of methoxy groups -OCH3 is 1. The lowest BCUT2D eigenvalue weighted by Crippen LogP contribution is -2.23. The second kappa shape index (κ2) is 5.52. The average molecular weight is 234 g/mol. The molecule has 0 amide bonds. The van der Waals surface area contributed by atoms with E-state index in [9.17, 15) is 0 Å². The van der Waals surface area contributed by atoms with E-state index in [0.717, 1.165) is 19.7 Å². The molecule has 0 spiro atoms. The van der Waals surface area contributed by atoms with E-state index in [1.807, 2.05) is 6.92 Å². The third-order valence-corrected chi connectivity index (χ3v) is 3.46. The molecule has 3 heteroatoms. The van der Waals surface area contributed by atoms with Crippen molar-refractivity contribution in [1.29, 1.82) is 0 Å². The van der Waals surface area contributed by atoms with Crippen molar-refractivity contribution in [2.75, 3.05) is 31.7 Å². The van der Waals surface area contributed by atoms with Crippen LogP contribution in [0.5, 0.6) is 0 Å². The largest absolute Gasteiger partial charge is 0.384 e. The standard InChI is InChI=1S/C14H22N2O/c1-11(15)13-5-3-4-6-14(13)16-8-7-12(9-16)10-17-2/h3-6,11-12H,7-10,15H2,1-2H3/t11-,12?/m1/s1. The van der Waals surface area contributed by atoms with Gasteiger partial charge in [-0.3, -0.25) is 0 Å². The number of hydrogen-bond acceptors (Lipinski definition) is 3. The summed E-state index contributed by atoms with van der Waals surface area (Å²) in [5.41, 5.74) is 8.56. The van der Waals surface area contributed by atoms with Gasteiger partial charge in [-0.15, -0.1) is 0 Å². The van der Waals surface area contributed by atoms with Gasteiger partial charge in [0.25, 0.3) is 0 Å². The molecule has 2 N–H and O–H groups in total. The molecule has 0 aromatic heterocycles. The molecule has 2 atom stereocenters. The summed E-state index contributed by atoms with van der Waals surface area (Å²) in [6.07, 6.45) is 1.21. The Morgan fingerprint density at radius 3 is 2.94 bits per heavy atom. The molecule has 1 aliphatic heterocycles. The van der Waals surface area contributed by atoms with Crippen molar-refractivity contribution in [3.05, 3.63) is 29.8 Å². The first-order valence-electron chi connectivity index (χ1n) is 6.30. The van der Waals surface area contributed by atoms with Crippen LogP contribution in [0, 0.1) is 5.92 Å². The first-order valence-corrected chi connectivity index (χ1v) is 6.30. The van der Waals surface area contributed by atoms with E-state index < -0.39 is 0 Å². The Bertz CT molecular complexity index is 365. The fraction of sp³-hybridized carbons (Fsp3) is 0.571. The highest BCUT2D eigenvalue weighted by atomic mass is 16.5. The third-order valence-electron chi connectivity index (χ3n) is 3.46. The van der Waals surface area contributed by atoms with Gasteiger partial charge in [0.15, 0.2) is 0 Å². The Morgan fingerprint density at radius 1 is 1.47 bits per heavy atom. The highest BCUT2D eigenvalue weighted by Gasteiger charge is 2.24. The van der Waals surface area contributed by atoms with Crippen LogP contribution in [0.4, 0.5) is 5.69 Å². The normalized spacial score (nSPS) is 21.8. The van der Waals surface area contributed by atoms with Gasteiger partial charge in [0.05, 0.1) is 6.61 Å². The van der Waals surface area contributed by atoms with Gasteiger partial charge in [-0.2, -0.15) is 0 Å². The minimum absolute atomic E-state index is 0.0904. The molecule has 1 fully saturated rings. The number of nitrogens with two attached hydrogens (primary N) is 1. The summed E-state index contributed by atoms with van der Waals surface area (Å²) < 4.78 is 5.24. The minimum atomic E-state index is 0.0904. The Morgan fingerprint density at radius 2 is 2.24 bits per heavy atom. The Kier molecular flexibility index (Phi) is 4.02. The number of hydrogen-bond donors (Lipinski definition) is 1. The molecule has 1 aliphatic rings. The summed E-state index contributed by atoms with van der Waals surface area (Å²) in [4.78, 5) is 2.43. The van der Waals surface area contributed by atoms with Crippen LogP contribution in [0.1, 0.15) is 24.9 Å². The fourth-order valence-electron chi connectivity index (χ4n) is 2.58. The minimum Gasteiger partial charge on any atom is -0.384 e. The molecule has 0 aliphatic carbocycles. The molecular formula is C14H22N2O. The SMILES string of the molecule is COCC1CCN(c2ccccc2[C@@H](C)N)C1. The lowest BCUT2D eigenvalue weighted by molar-refractivity contribution is 0.161. The molecule has 3 nitrogen and oxygen atoms in total. The smallest absolute Gasteiger partial charge is 0.0508 e. The first kappa shape index (κ1) is 12.4. The zero-order chi connectivity index (χ0) is 12.3. The molecule has 0 saturated carbocycles. The van der Waals surface area contributed by atoms with Crippen molar-refractivity contribution < 1.29 is 4.74 Å². The van der Waals surface area contributed by atoms with Crippen LogP contribution in [0.3, 0.4) is 0 Å². The summed E-state index contributed by atoms with van der Waals surface area (Å²) in [5.74, 6) is 0.654. The maximum absolute atomic E-state index is 6.02. The third kappa shape index (κ3) is 2.79. The van der Waals surface area contributed by atoms with Gasteiger partial charge in [0.1, 0.15) is 0 Å². The highest BCUT2D eigenvalue weighted by molar-refractivity contribution is 5.55. The molecule has 1 unspecified atom stereocenters. The molecular weight excluding hydrogens is 212 g/mol. The lowest BCUT2D eigenvalue weighted by Gasteiger charge is -2.23. The number of nitrogens with zero attached hydrogens (tertiary/aromatic N) is 1. The number of benzene rings is 1. The topological polar surface area (TPSA) is 38.5 Å². The second-order valence-corrected chi connectivity index (χ2v) is 4.90. The summed E-state index contributed by atoms with van der Waals surface area (Å²) in [6, 6.07) is 8.54. The van der Waals surface area contributed by atoms with Gasteiger partial charge in [0, 0.05) is 37.8 Å². The summed E-state index contributed by atoms with van der Waals surface area (Å²) in [6.45, 7) is 5.09. The quantitative estimate of drug-likeness (QED) is 0.868. The number of ether oxygens (including phenoxy) is 1. The van der Waals surface area contributed by atoms with Crippen LogP contribution in [0.2, 0.25) is 0 Å². The van der Waals surface area contributed by atoms with E-state index in [4.69, 9.17) is 10.5 Å². The van der Waals surface area contributed by atoms with E-state index in [-0.39, 0.29) is 6.04 Å². The molecule has 0 radical (unpaired) electrons. The van der Waals surface area contributed by atoms with Crippen LogP contribution < -0.4 is 10.6 Å². The van der Waals surface area contributed by atoms with Crippen molar-refractivity contribution in [3.8, 4) is 0 Å². The molecule has 1 aromatic rings. The lowest BCUT2D eigenvalue weighted by atomic mass is 10.1. The molecule has 2 rings (SSSR count). The van der Waals surface area contributed by atoms with E-state index in [2.05, 4.69) is 29.2 Å². The van der Waals surface area contributed by atoms with Crippen LogP contribution in [0.15, 0.2) is 24.3 Å². The number of para-hydroxylation sites is 1. The molecule has 17 heavy (non-hydrogen) atoms. The summed E-state index contributed by atoms with van der Waals surface area (Å²) >= 11 is 0. The van der Waals surface area contributed by atoms with Gasteiger partial charge < -0.3 is 15.4 Å². The Labute approximate surface area is 104 Å². The van der Waals surface area contributed by atoms with Crippen molar-refractivity contribution >= 4 is 5.69 Å². The Hall–Kier alpha value is -1.06. The number of rotatable bonds is 4. The zero-order valence-electron chi connectivity index (χ0n) is 10.7. The van der Waals surface area contributed by atoms with Gasteiger partial charge in [0.2, 0.25) is 0 Å². The first-order chi connectivity index (χ1) is 8.22. The van der Waals surface area contributed by atoms with E-state index >= 15 is 0 Å². The predicted octanol–water partition coefficient (Wildman–Crippen LogP) is 2.18. The van der Waals surface area contributed by atoms with Crippen LogP contribution >= 0.6 is 0 Å². The van der Waals surface area contributed by atoms with Crippen molar-refractivity contribution in [2.45, 2.75) is 19.4 Å². The van der Waals surface area contributed by atoms with Crippen LogP contribution in [-0.2, 0) is 4.74 Å². The maximum atomic E-state index is 6.02. The van der Waals surface area contributed by atoms with Crippen molar-refractivity contribution in [3.63, 3.8) is 0 Å². The highest BCUT2D eigenvalue weighted by Crippen LogP contribution is 2.29. The summed E-state index contributed by atoms with van der Waals surface area (Å²) in [7, 11) is 1.78. The summed E-state index contributed by atoms with van der Waals surface area (Å²) in [5, 5.41) is 0. The van der Waals surface area contributed by atoms with Crippen LogP contribution in [0.25, 0.3) is 0 Å². The van der Waals surface area contributed by atoms with Gasteiger partial charge in [-0.1, -0.05) is 18.2 Å². The fourth-order valence-corrected chi connectivity index (χ4v) is 2.58. The molecule has 1 aromatic carbocycles. The molecule has 1 heterocycles. The van der Waals surface area contributed by atoms with Crippen LogP contribution in [-0.4, -0.2) is 26.8 Å².